The van der Waals surface area contributed by atoms with Gasteiger partial charge in [-0.05, 0) is 66.5 Å². The number of rotatable bonds is 10. The molecule has 166 valence electrons. The van der Waals surface area contributed by atoms with Gasteiger partial charge in [0.15, 0.2) is 11.5 Å². The largest absolute Gasteiger partial charge is 0.495 e. The molecule has 0 aliphatic carbocycles. The lowest BCUT2D eigenvalue weighted by Gasteiger charge is -2.16. The lowest BCUT2D eigenvalue weighted by molar-refractivity contribution is -0.126. The minimum atomic E-state index is -0.549. The number of hydrogen-bond donors (Lipinski definition) is 2. The summed E-state index contributed by atoms with van der Waals surface area (Å²) < 4.78 is 17.3. The Hall–Kier alpha value is -3.07. The molecule has 2 rings (SSSR count). The third-order valence-electron chi connectivity index (χ3n) is 3.79. The number of hydrazone groups is 1. The molecule has 2 amide bonds. The SMILES string of the molecule is CCOc1cc(C=NNC(=O)CC(=O)Nc2ccccc2OC)cc(Br)c1OC(C)C. The van der Waals surface area contributed by atoms with Gasteiger partial charge in [0.05, 0.1) is 36.2 Å². The Morgan fingerprint density at radius 2 is 1.90 bits per heavy atom. The normalized spacial score (nSPS) is 10.8. The molecule has 0 bridgehead atoms. The molecule has 0 spiro atoms. The summed E-state index contributed by atoms with van der Waals surface area (Å²) >= 11 is 3.48. The second kappa shape index (κ2) is 11.9. The second-order valence-corrected chi connectivity index (χ2v) is 7.50. The van der Waals surface area contributed by atoms with Crippen molar-refractivity contribution in [2.45, 2.75) is 33.3 Å². The maximum Gasteiger partial charge on any atom is 0.249 e. The fourth-order valence-electron chi connectivity index (χ4n) is 2.58. The summed E-state index contributed by atoms with van der Waals surface area (Å²) in [5, 5.41) is 6.56. The molecule has 0 unspecified atom stereocenters. The van der Waals surface area contributed by atoms with E-state index in [4.69, 9.17) is 14.2 Å². The number of amides is 2. The zero-order chi connectivity index (χ0) is 22.8. The number of benzene rings is 2. The Kier molecular flexibility index (Phi) is 9.33. The number of para-hydroxylation sites is 2. The van der Waals surface area contributed by atoms with Crippen molar-refractivity contribution in [1.29, 1.82) is 0 Å². The highest BCUT2D eigenvalue weighted by atomic mass is 79.9. The topological polar surface area (TPSA) is 98.2 Å². The molecule has 2 aromatic carbocycles. The van der Waals surface area contributed by atoms with Crippen LogP contribution in [0.2, 0.25) is 0 Å². The zero-order valence-electron chi connectivity index (χ0n) is 17.9. The number of carbonyl (C=O) groups is 2. The van der Waals surface area contributed by atoms with Gasteiger partial charge in [-0.15, -0.1) is 0 Å². The van der Waals surface area contributed by atoms with Crippen molar-refractivity contribution < 1.29 is 23.8 Å². The fourth-order valence-corrected chi connectivity index (χ4v) is 3.14. The van der Waals surface area contributed by atoms with Gasteiger partial charge in [0.1, 0.15) is 12.2 Å². The molecule has 31 heavy (non-hydrogen) atoms. The smallest absolute Gasteiger partial charge is 0.249 e. The second-order valence-electron chi connectivity index (χ2n) is 6.65. The summed E-state index contributed by atoms with van der Waals surface area (Å²) in [6, 6.07) is 10.5. The molecule has 0 heterocycles. The predicted octanol–water partition coefficient (Wildman–Crippen LogP) is 4.12. The molecule has 0 saturated heterocycles. The maximum atomic E-state index is 12.1. The number of halogens is 1. The van der Waals surface area contributed by atoms with Gasteiger partial charge in [-0.3, -0.25) is 9.59 Å². The molecule has 0 aliphatic rings. The summed E-state index contributed by atoms with van der Waals surface area (Å²) in [5.74, 6) is 0.650. The van der Waals surface area contributed by atoms with E-state index < -0.39 is 11.8 Å². The van der Waals surface area contributed by atoms with E-state index in [1.165, 1.54) is 13.3 Å². The molecule has 0 fully saturated rings. The Labute approximate surface area is 190 Å². The number of methoxy groups -OCH3 is 1. The van der Waals surface area contributed by atoms with Gasteiger partial charge in [-0.2, -0.15) is 5.10 Å². The van der Waals surface area contributed by atoms with Crippen molar-refractivity contribution in [1.82, 2.24) is 5.43 Å². The Morgan fingerprint density at radius 1 is 1.16 bits per heavy atom. The molecule has 0 aromatic heterocycles. The summed E-state index contributed by atoms with van der Waals surface area (Å²) in [6.07, 6.45) is 1.06. The summed E-state index contributed by atoms with van der Waals surface area (Å²) in [7, 11) is 1.50. The van der Waals surface area contributed by atoms with E-state index >= 15 is 0 Å². The van der Waals surface area contributed by atoms with Crippen LogP contribution in [0.25, 0.3) is 0 Å². The van der Waals surface area contributed by atoms with Crippen LogP contribution in [0.1, 0.15) is 32.8 Å². The number of carbonyl (C=O) groups excluding carboxylic acids is 2. The van der Waals surface area contributed by atoms with Crippen LogP contribution in [0, 0.1) is 0 Å². The van der Waals surface area contributed by atoms with E-state index in [1.54, 1.807) is 36.4 Å². The van der Waals surface area contributed by atoms with E-state index in [1.807, 2.05) is 20.8 Å². The average molecular weight is 492 g/mol. The van der Waals surface area contributed by atoms with Crippen LogP contribution >= 0.6 is 15.9 Å². The van der Waals surface area contributed by atoms with Crippen molar-refractivity contribution in [3.05, 3.63) is 46.4 Å². The zero-order valence-corrected chi connectivity index (χ0v) is 19.5. The lowest BCUT2D eigenvalue weighted by Crippen LogP contribution is -2.24. The molecular weight excluding hydrogens is 466 g/mol. The fraction of sp³-hybridized carbons (Fsp3) is 0.318. The van der Waals surface area contributed by atoms with Gasteiger partial charge in [-0.25, -0.2) is 5.43 Å². The average Bonchev–Trinajstić information content (AvgIpc) is 2.71. The Morgan fingerprint density at radius 3 is 2.58 bits per heavy atom. The van der Waals surface area contributed by atoms with Crippen LogP contribution in [-0.4, -0.2) is 37.8 Å². The highest BCUT2D eigenvalue weighted by molar-refractivity contribution is 9.10. The van der Waals surface area contributed by atoms with Crippen LogP contribution in [0.4, 0.5) is 5.69 Å². The first kappa shape index (κ1) is 24.2. The highest BCUT2D eigenvalue weighted by Gasteiger charge is 2.14. The third kappa shape index (κ3) is 7.60. The van der Waals surface area contributed by atoms with Gasteiger partial charge in [0.25, 0.3) is 0 Å². The first-order valence-corrected chi connectivity index (χ1v) is 10.5. The standard InChI is InChI=1S/C22H26BrN3O5/c1-5-30-19-11-15(10-16(23)22(19)31-14(2)3)13-24-26-21(28)12-20(27)25-17-8-6-7-9-18(17)29-4/h6-11,13-14H,5,12H2,1-4H3,(H,25,27)(H,26,28). The number of nitrogens with zero attached hydrogens (tertiary/aromatic N) is 1. The number of hydrogen-bond acceptors (Lipinski definition) is 6. The molecule has 0 atom stereocenters. The molecule has 0 saturated carbocycles. The van der Waals surface area contributed by atoms with E-state index in [0.717, 1.165) is 0 Å². The minimum Gasteiger partial charge on any atom is -0.495 e. The van der Waals surface area contributed by atoms with Gasteiger partial charge in [0, 0.05) is 0 Å². The number of ether oxygens (including phenoxy) is 3. The molecule has 0 radical (unpaired) electrons. The predicted molar refractivity (Wildman–Crippen MR) is 123 cm³/mol. The summed E-state index contributed by atoms with van der Waals surface area (Å²) in [6.45, 7) is 6.21. The molecular formula is C22H26BrN3O5. The van der Waals surface area contributed by atoms with Crippen LogP contribution in [-0.2, 0) is 9.59 Å². The first-order chi connectivity index (χ1) is 14.8. The summed E-state index contributed by atoms with van der Waals surface area (Å²) in [5.41, 5.74) is 3.52. The number of anilines is 1. The maximum absolute atomic E-state index is 12.1. The van der Waals surface area contributed by atoms with Crippen molar-refractivity contribution in [3.8, 4) is 17.2 Å². The van der Waals surface area contributed by atoms with E-state index in [2.05, 4.69) is 31.8 Å². The lowest BCUT2D eigenvalue weighted by atomic mass is 10.2. The molecule has 2 aromatic rings. The van der Waals surface area contributed by atoms with Crippen LogP contribution < -0.4 is 25.0 Å². The van der Waals surface area contributed by atoms with Gasteiger partial charge < -0.3 is 19.5 Å². The van der Waals surface area contributed by atoms with Crippen LogP contribution in [0.15, 0.2) is 46.0 Å². The minimum absolute atomic E-state index is 0.0173. The first-order valence-electron chi connectivity index (χ1n) is 9.71. The monoisotopic (exact) mass is 491 g/mol. The van der Waals surface area contributed by atoms with E-state index in [9.17, 15) is 9.59 Å². The van der Waals surface area contributed by atoms with E-state index in [-0.39, 0.29) is 12.5 Å². The van der Waals surface area contributed by atoms with Gasteiger partial charge in [-0.1, -0.05) is 12.1 Å². The van der Waals surface area contributed by atoms with Crippen molar-refractivity contribution in [2.24, 2.45) is 5.10 Å². The number of nitrogens with one attached hydrogen (secondary N) is 2. The van der Waals surface area contributed by atoms with E-state index in [0.29, 0.717) is 39.6 Å². The molecule has 8 nitrogen and oxygen atoms in total. The summed E-state index contributed by atoms with van der Waals surface area (Å²) in [4.78, 5) is 24.1. The molecule has 9 heteroatoms. The van der Waals surface area contributed by atoms with Crippen molar-refractivity contribution >= 4 is 39.6 Å². The Bertz CT molecular complexity index is 947. The van der Waals surface area contributed by atoms with Gasteiger partial charge >= 0.3 is 0 Å². The molecule has 0 aliphatic heterocycles. The van der Waals surface area contributed by atoms with Gasteiger partial charge in [0.2, 0.25) is 11.8 Å². The Balaban J connectivity index is 1.98. The third-order valence-corrected chi connectivity index (χ3v) is 4.38. The van der Waals surface area contributed by atoms with Crippen LogP contribution in [0.3, 0.4) is 0 Å². The quantitative estimate of drug-likeness (QED) is 0.296. The van der Waals surface area contributed by atoms with Crippen molar-refractivity contribution in [2.75, 3.05) is 19.0 Å². The highest BCUT2D eigenvalue weighted by Crippen LogP contribution is 2.37. The van der Waals surface area contributed by atoms with Crippen molar-refractivity contribution in [3.63, 3.8) is 0 Å². The van der Waals surface area contributed by atoms with Crippen LogP contribution in [0.5, 0.6) is 17.2 Å². The molecule has 2 N–H and O–H groups in total.